The van der Waals surface area contributed by atoms with E-state index in [0.29, 0.717) is 6.42 Å². The summed E-state index contributed by atoms with van der Waals surface area (Å²) < 4.78 is 40.9. The highest BCUT2D eigenvalue weighted by molar-refractivity contribution is 7.74. The molecule has 2 aliphatic rings. The van der Waals surface area contributed by atoms with Crippen LogP contribution in [0.5, 0.6) is 0 Å². The fourth-order valence-corrected chi connectivity index (χ4v) is 4.56. The SMILES string of the molecule is CCC(C)(C)C(=O)OCCOC(=O)OC1C(OS(=O)O)C2CCC1C2(C)C. The molecular formula is C18H30O8S. The van der Waals surface area contributed by atoms with Gasteiger partial charge in [-0.25, -0.2) is 4.79 Å². The zero-order valence-electron chi connectivity index (χ0n) is 16.6. The molecule has 0 saturated heterocycles. The van der Waals surface area contributed by atoms with Crippen LogP contribution in [0.4, 0.5) is 4.79 Å². The summed E-state index contributed by atoms with van der Waals surface area (Å²) in [7, 11) is 0. The minimum atomic E-state index is -2.44. The Morgan fingerprint density at radius 2 is 1.67 bits per heavy atom. The van der Waals surface area contributed by atoms with Crippen LogP contribution in [0.1, 0.15) is 53.9 Å². The van der Waals surface area contributed by atoms with Gasteiger partial charge in [0, 0.05) is 5.92 Å². The Bertz CT molecular complexity index is 588. The fourth-order valence-electron chi connectivity index (χ4n) is 4.12. The van der Waals surface area contributed by atoms with Crippen LogP contribution in [-0.4, -0.2) is 46.3 Å². The van der Waals surface area contributed by atoms with Crippen LogP contribution in [0.25, 0.3) is 0 Å². The van der Waals surface area contributed by atoms with E-state index >= 15 is 0 Å². The van der Waals surface area contributed by atoms with Gasteiger partial charge < -0.3 is 14.2 Å². The number of rotatable bonds is 8. The van der Waals surface area contributed by atoms with Gasteiger partial charge in [-0.1, -0.05) is 20.8 Å². The molecule has 2 fully saturated rings. The summed E-state index contributed by atoms with van der Waals surface area (Å²) in [4.78, 5) is 23.9. The second-order valence-corrected chi connectivity index (χ2v) is 9.07. The molecule has 9 heteroatoms. The molecule has 0 heterocycles. The van der Waals surface area contributed by atoms with Crippen molar-refractivity contribution in [2.45, 2.75) is 66.1 Å². The Morgan fingerprint density at radius 1 is 1.11 bits per heavy atom. The average Bonchev–Trinajstić information content (AvgIpc) is 2.97. The molecule has 27 heavy (non-hydrogen) atoms. The maximum Gasteiger partial charge on any atom is 0.508 e. The van der Waals surface area contributed by atoms with E-state index in [-0.39, 0.29) is 36.4 Å². The minimum absolute atomic E-state index is 0.0341. The van der Waals surface area contributed by atoms with Crippen molar-refractivity contribution in [3.8, 4) is 0 Å². The lowest BCUT2D eigenvalue weighted by atomic mass is 9.82. The summed E-state index contributed by atoms with van der Waals surface area (Å²) in [6, 6.07) is 0. The molecule has 0 spiro atoms. The molecule has 5 unspecified atom stereocenters. The topological polar surface area (TPSA) is 108 Å². The molecule has 2 bridgehead atoms. The largest absolute Gasteiger partial charge is 0.508 e. The Morgan fingerprint density at radius 3 is 2.22 bits per heavy atom. The van der Waals surface area contributed by atoms with Crippen LogP contribution in [0.2, 0.25) is 0 Å². The normalized spacial score (nSPS) is 30.0. The number of ether oxygens (including phenoxy) is 3. The number of hydrogen-bond donors (Lipinski definition) is 1. The predicted octanol–water partition coefficient (Wildman–Crippen LogP) is 3.08. The van der Waals surface area contributed by atoms with E-state index in [4.69, 9.17) is 22.9 Å². The first-order valence-electron chi connectivity index (χ1n) is 9.29. The van der Waals surface area contributed by atoms with Crippen LogP contribution in [0, 0.1) is 22.7 Å². The van der Waals surface area contributed by atoms with Gasteiger partial charge in [-0.05, 0) is 44.4 Å². The molecule has 0 radical (unpaired) electrons. The monoisotopic (exact) mass is 406 g/mol. The van der Waals surface area contributed by atoms with Crippen LogP contribution >= 0.6 is 0 Å². The molecule has 2 aliphatic carbocycles. The van der Waals surface area contributed by atoms with Gasteiger partial charge in [0.25, 0.3) is 0 Å². The van der Waals surface area contributed by atoms with Gasteiger partial charge in [-0.2, -0.15) is 4.21 Å². The molecule has 8 nitrogen and oxygen atoms in total. The van der Waals surface area contributed by atoms with Crippen molar-refractivity contribution in [1.82, 2.24) is 0 Å². The van der Waals surface area contributed by atoms with E-state index in [1.54, 1.807) is 13.8 Å². The van der Waals surface area contributed by atoms with Crippen molar-refractivity contribution in [1.29, 1.82) is 0 Å². The molecule has 5 atom stereocenters. The standard InChI is InChI=1S/C18H30O8S/c1-6-17(2,3)15(19)23-9-10-24-16(20)25-13-11-7-8-12(18(11,4)5)14(13)26-27(21)22/h11-14H,6-10H2,1-5H3,(H,21,22). The minimum Gasteiger partial charge on any atom is -0.462 e. The number of carbonyl (C=O) groups excluding carboxylic acids is 2. The highest BCUT2D eigenvalue weighted by atomic mass is 32.2. The van der Waals surface area contributed by atoms with Crippen LogP contribution < -0.4 is 0 Å². The third-order valence-corrected chi connectivity index (χ3v) is 6.60. The van der Waals surface area contributed by atoms with Crippen molar-refractivity contribution in [2.75, 3.05) is 13.2 Å². The van der Waals surface area contributed by atoms with E-state index in [0.717, 1.165) is 12.8 Å². The molecule has 2 saturated carbocycles. The molecule has 0 aromatic carbocycles. The molecule has 0 amide bonds. The fraction of sp³-hybridized carbons (Fsp3) is 0.889. The van der Waals surface area contributed by atoms with Gasteiger partial charge in [0.05, 0.1) is 5.41 Å². The summed E-state index contributed by atoms with van der Waals surface area (Å²) in [5.41, 5.74) is -0.740. The molecule has 2 rings (SSSR count). The molecule has 0 aliphatic heterocycles. The quantitative estimate of drug-likeness (QED) is 0.372. The third kappa shape index (κ3) is 4.81. The van der Waals surface area contributed by atoms with Crippen LogP contribution in [-0.2, 0) is 34.5 Å². The maximum absolute atomic E-state index is 12.0. The van der Waals surface area contributed by atoms with Crippen molar-refractivity contribution in [3.05, 3.63) is 0 Å². The number of fused-ring (bicyclic) bond motifs is 2. The number of hydrogen-bond acceptors (Lipinski definition) is 7. The van der Waals surface area contributed by atoms with Gasteiger partial charge >= 0.3 is 23.5 Å². The Hall–Kier alpha value is -1.19. The van der Waals surface area contributed by atoms with Crippen molar-refractivity contribution in [3.63, 3.8) is 0 Å². The van der Waals surface area contributed by atoms with Gasteiger partial charge in [-0.3, -0.25) is 13.5 Å². The summed E-state index contributed by atoms with van der Waals surface area (Å²) in [6.45, 7) is 9.39. The molecule has 1 N–H and O–H groups in total. The van der Waals surface area contributed by atoms with Crippen molar-refractivity contribution in [2.24, 2.45) is 22.7 Å². The molecule has 0 aromatic heterocycles. The molecular weight excluding hydrogens is 376 g/mol. The summed E-state index contributed by atoms with van der Waals surface area (Å²) in [5, 5.41) is 0. The number of carbonyl (C=O) groups is 2. The average molecular weight is 406 g/mol. The smallest absolute Gasteiger partial charge is 0.462 e. The van der Waals surface area contributed by atoms with E-state index in [1.165, 1.54) is 0 Å². The van der Waals surface area contributed by atoms with Crippen LogP contribution in [0.3, 0.4) is 0 Å². The second kappa shape index (κ2) is 8.45. The highest BCUT2D eigenvalue weighted by Gasteiger charge is 2.62. The maximum atomic E-state index is 12.0. The van der Waals surface area contributed by atoms with E-state index in [1.807, 2.05) is 6.92 Å². The first-order valence-corrected chi connectivity index (χ1v) is 10.3. The number of esters is 1. The first-order chi connectivity index (χ1) is 12.5. The highest BCUT2D eigenvalue weighted by Crippen LogP contribution is 2.59. The second-order valence-electron chi connectivity index (χ2n) is 8.44. The Balaban J connectivity index is 1.84. The lowest BCUT2D eigenvalue weighted by molar-refractivity contribution is -0.155. The summed E-state index contributed by atoms with van der Waals surface area (Å²) >= 11 is -2.44. The zero-order chi connectivity index (χ0) is 20.4. The molecule has 0 aromatic rings. The molecule has 156 valence electrons. The van der Waals surface area contributed by atoms with Gasteiger partial charge in [0.2, 0.25) is 0 Å². The Kier molecular flexibility index (Phi) is 6.91. The summed E-state index contributed by atoms with van der Waals surface area (Å²) in [5.74, 6) is -0.281. The zero-order valence-corrected chi connectivity index (χ0v) is 17.4. The lowest BCUT2D eigenvalue weighted by Gasteiger charge is -2.28. The van der Waals surface area contributed by atoms with E-state index in [9.17, 15) is 13.8 Å². The van der Waals surface area contributed by atoms with Crippen molar-refractivity contribution >= 4 is 23.5 Å². The predicted molar refractivity (Wildman–Crippen MR) is 96.9 cm³/mol. The van der Waals surface area contributed by atoms with Gasteiger partial charge in [-0.15, -0.1) is 0 Å². The summed E-state index contributed by atoms with van der Waals surface area (Å²) in [6.07, 6.45) is 0.188. The van der Waals surface area contributed by atoms with Crippen LogP contribution in [0.15, 0.2) is 0 Å². The van der Waals surface area contributed by atoms with Gasteiger partial charge in [0.15, 0.2) is 0 Å². The third-order valence-electron chi connectivity index (χ3n) is 6.22. The van der Waals surface area contributed by atoms with Gasteiger partial charge in [0.1, 0.15) is 25.4 Å². The van der Waals surface area contributed by atoms with E-state index in [2.05, 4.69) is 13.8 Å². The van der Waals surface area contributed by atoms with E-state index < -0.39 is 35.1 Å². The first kappa shape index (κ1) is 22.1. The van der Waals surface area contributed by atoms with Crippen molar-refractivity contribution < 1.29 is 36.7 Å². The Labute approximate surface area is 162 Å². The lowest BCUT2D eigenvalue weighted by Crippen LogP contribution is -2.39.